The summed E-state index contributed by atoms with van der Waals surface area (Å²) in [5.74, 6) is 0.128. The molecule has 90 valence electrons. The molecule has 1 aromatic heterocycles. The molecule has 0 atom stereocenters. The highest BCUT2D eigenvalue weighted by molar-refractivity contribution is 7.98. The number of hydrogen-bond acceptors (Lipinski definition) is 4. The summed E-state index contributed by atoms with van der Waals surface area (Å²) in [7, 11) is 0. The summed E-state index contributed by atoms with van der Waals surface area (Å²) in [4.78, 5) is 10.9. The van der Waals surface area contributed by atoms with Crippen LogP contribution in [0.4, 0.5) is 0 Å². The molecule has 0 radical (unpaired) electrons. The van der Waals surface area contributed by atoms with E-state index in [0.717, 1.165) is 29.8 Å². The maximum absolute atomic E-state index is 10.9. The van der Waals surface area contributed by atoms with Gasteiger partial charge < -0.3 is 5.11 Å². The Hall–Kier alpha value is -1.56. The zero-order valence-corrected chi connectivity index (χ0v) is 10.3. The first-order chi connectivity index (χ1) is 8.22. The van der Waals surface area contributed by atoms with Crippen molar-refractivity contribution in [2.45, 2.75) is 13.0 Å². The molecule has 2 aromatic rings. The number of benzene rings is 1. The SMILES string of the molecule is CSCCCn1nnc2ccc(C(=O)O)cc21. The summed E-state index contributed by atoms with van der Waals surface area (Å²) in [5.41, 5.74) is 1.79. The van der Waals surface area contributed by atoms with Crippen LogP contribution in [0.5, 0.6) is 0 Å². The summed E-state index contributed by atoms with van der Waals surface area (Å²) in [6.45, 7) is 0.764. The van der Waals surface area contributed by atoms with Crippen molar-refractivity contribution >= 4 is 28.8 Å². The number of fused-ring (bicyclic) bond motifs is 1. The molecule has 0 amide bonds. The van der Waals surface area contributed by atoms with Gasteiger partial charge in [-0.15, -0.1) is 5.10 Å². The lowest BCUT2D eigenvalue weighted by Gasteiger charge is -2.01. The van der Waals surface area contributed by atoms with Crippen molar-refractivity contribution in [2.75, 3.05) is 12.0 Å². The van der Waals surface area contributed by atoms with Gasteiger partial charge in [-0.2, -0.15) is 11.8 Å². The van der Waals surface area contributed by atoms with Gasteiger partial charge in [-0.05, 0) is 36.6 Å². The lowest BCUT2D eigenvalue weighted by atomic mass is 10.2. The second-order valence-electron chi connectivity index (χ2n) is 3.67. The van der Waals surface area contributed by atoms with Crippen molar-refractivity contribution in [2.24, 2.45) is 0 Å². The number of carboxylic acid groups (broad SMARTS) is 1. The van der Waals surface area contributed by atoms with Crippen molar-refractivity contribution in [1.29, 1.82) is 0 Å². The Kier molecular flexibility index (Phi) is 3.63. The number of aromatic carboxylic acids is 1. The Morgan fingerprint density at radius 3 is 3.06 bits per heavy atom. The molecule has 1 aromatic carbocycles. The number of nitrogens with zero attached hydrogens (tertiary/aromatic N) is 3. The molecule has 17 heavy (non-hydrogen) atoms. The molecule has 0 spiro atoms. The van der Waals surface area contributed by atoms with Gasteiger partial charge in [0.15, 0.2) is 0 Å². The Morgan fingerprint density at radius 1 is 1.53 bits per heavy atom. The average molecular weight is 251 g/mol. The zero-order valence-electron chi connectivity index (χ0n) is 9.46. The third kappa shape index (κ3) is 2.58. The molecule has 1 N–H and O–H groups in total. The van der Waals surface area contributed by atoms with E-state index >= 15 is 0 Å². The van der Waals surface area contributed by atoms with Gasteiger partial charge in [-0.1, -0.05) is 5.21 Å². The molecule has 0 bridgehead atoms. The molecule has 0 saturated heterocycles. The Labute approximate surface area is 103 Å². The first-order valence-corrected chi connectivity index (χ1v) is 6.67. The number of carbonyl (C=O) groups is 1. The summed E-state index contributed by atoms with van der Waals surface area (Å²) in [5, 5.41) is 17.0. The minimum Gasteiger partial charge on any atom is -0.478 e. The lowest BCUT2D eigenvalue weighted by Crippen LogP contribution is -2.02. The van der Waals surface area contributed by atoms with Crippen LogP contribution in [0.1, 0.15) is 16.8 Å². The largest absolute Gasteiger partial charge is 0.478 e. The molecule has 0 fully saturated rings. The average Bonchev–Trinajstić information content (AvgIpc) is 2.72. The van der Waals surface area contributed by atoms with Crippen LogP contribution in [-0.4, -0.2) is 38.1 Å². The second-order valence-corrected chi connectivity index (χ2v) is 4.65. The first kappa shape index (κ1) is 11.9. The number of aromatic nitrogens is 3. The van der Waals surface area contributed by atoms with Gasteiger partial charge in [-0.3, -0.25) is 0 Å². The molecule has 0 unspecified atom stereocenters. The molecule has 1 heterocycles. The van der Waals surface area contributed by atoms with E-state index in [2.05, 4.69) is 16.6 Å². The topological polar surface area (TPSA) is 68.0 Å². The molecular formula is C11H13N3O2S. The molecule has 6 heteroatoms. The maximum atomic E-state index is 10.9. The van der Waals surface area contributed by atoms with Gasteiger partial charge in [0.05, 0.1) is 11.1 Å². The van der Waals surface area contributed by atoms with Gasteiger partial charge in [0.1, 0.15) is 5.52 Å². The number of thioether (sulfide) groups is 1. The van der Waals surface area contributed by atoms with Crippen LogP contribution in [0.25, 0.3) is 11.0 Å². The van der Waals surface area contributed by atoms with Crippen LogP contribution in [0.2, 0.25) is 0 Å². The van der Waals surface area contributed by atoms with Crippen LogP contribution in [0.15, 0.2) is 18.2 Å². The minimum atomic E-state index is -0.927. The molecule has 0 saturated carbocycles. The Morgan fingerprint density at radius 2 is 2.35 bits per heavy atom. The lowest BCUT2D eigenvalue weighted by molar-refractivity contribution is 0.0697. The summed E-state index contributed by atoms with van der Waals surface area (Å²) in [6, 6.07) is 4.86. The van der Waals surface area contributed by atoms with Gasteiger partial charge >= 0.3 is 5.97 Å². The number of hydrogen-bond donors (Lipinski definition) is 1. The maximum Gasteiger partial charge on any atom is 0.335 e. The predicted octanol–water partition coefficient (Wildman–Crippen LogP) is 1.88. The van der Waals surface area contributed by atoms with E-state index in [-0.39, 0.29) is 5.56 Å². The van der Waals surface area contributed by atoms with Crippen LogP contribution in [0, 0.1) is 0 Å². The van der Waals surface area contributed by atoms with Gasteiger partial charge in [-0.25, -0.2) is 9.48 Å². The smallest absolute Gasteiger partial charge is 0.335 e. The quantitative estimate of drug-likeness (QED) is 0.822. The van der Waals surface area contributed by atoms with Crippen LogP contribution in [-0.2, 0) is 6.54 Å². The molecule has 0 aliphatic heterocycles. The van der Waals surface area contributed by atoms with E-state index in [1.54, 1.807) is 34.6 Å². The number of aryl methyl sites for hydroxylation is 1. The molecular weight excluding hydrogens is 238 g/mol. The molecule has 5 nitrogen and oxygen atoms in total. The fourth-order valence-electron chi connectivity index (χ4n) is 1.62. The summed E-state index contributed by atoms with van der Waals surface area (Å²) in [6.07, 6.45) is 3.05. The normalized spacial score (nSPS) is 10.9. The van der Waals surface area contributed by atoms with Crippen LogP contribution in [0.3, 0.4) is 0 Å². The van der Waals surface area contributed by atoms with Crippen molar-refractivity contribution < 1.29 is 9.90 Å². The summed E-state index contributed by atoms with van der Waals surface area (Å²) < 4.78 is 1.76. The number of rotatable bonds is 5. The highest BCUT2D eigenvalue weighted by Crippen LogP contribution is 2.14. The highest BCUT2D eigenvalue weighted by atomic mass is 32.2. The van der Waals surface area contributed by atoms with Crippen molar-refractivity contribution in [3.63, 3.8) is 0 Å². The minimum absolute atomic E-state index is 0.269. The van der Waals surface area contributed by atoms with Crippen LogP contribution < -0.4 is 0 Å². The third-order valence-electron chi connectivity index (χ3n) is 2.48. The zero-order chi connectivity index (χ0) is 12.3. The Balaban J connectivity index is 2.30. The van der Waals surface area contributed by atoms with E-state index in [1.165, 1.54) is 0 Å². The van der Waals surface area contributed by atoms with Crippen molar-refractivity contribution in [3.8, 4) is 0 Å². The van der Waals surface area contributed by atoms with Gasteiger partial charge in [0.2, 0.25) is 0 Å². The fourth-order valence-corrected chi connectivity index (χ4v) is 2.04. The van der Waals surface area contributed by atoms with Crippen molar-refractivity contribution in [3.05, 3.63) is 23.8 Å². The first-order valence-electron chi connectivity index (χ1n) is 5.28. The van der Waals surface area contributed by atoms with Gasteiger partial charge in [0.25, 0.3) is 0 Å². The van der Waals surface area contributed by atoms with E-state index in [9.17, 15) is 4.79 Å². The second kappa shape index (κ2) is 5.18. The number of carboxylic acids is 1. The monoisotopic (exact) mass is 251 g/mol. The Bertz CT molecular complexity index is 538. The van der Waals surface area contributed by atoms with E-state index in [1.807, 2.05) is 0 Å². The molecule has 0 aliphatic carbocycles. The fraction of sp³-hybridized carbons (Fsp3) is 0.364. The predicted molar refractivity (Wildman–Crippen MR) is 67.5 cm³/mol. The van der Waals surface area contributed by atoms with Gasteiger partial charge in [0, 0.05) is 6.54 Å². The molecule has 2 rings (SSSR count). The summed E-state index contributed by atoms with van der Waals surface area (Å²) >= 11 is 1.78. The standard InChI is InChI=1S/C11H13N3O2S/c1-17-6-2-5-14-10-7-8(11(15)16)3-4-9(10)12-13-14/h3-4,7H,2,5-6H2,1H3,(H,15,16). The van der Waals surface area contributed by atoms with E-state index in [4.69, 9.17) is 5.11 Å². The van der Waals surface area contributed by atoms with Crippen LogP contribution >= 0.6 is 11.8 Å². The third-order valence-corrected chi connectivity index (χ3v) is 3.18. The highest BCUT2D eigenvalue weighted by Gasteiger charge is 2.08. The molecule has 0 aliphatic rings. The van der Waals surface area contributed by atoms with Crippen molar-refractivity contribution in [1.82, 2.24) is 15.0 Å². The van der Waals surface area contributed by atoms with E-state index < -0.39 is 5.97 Å². The van der Waals surface area contributed by atoms with E-state index in [0.29, 0.717) is 0 Å².